The first kappa shape index (κ1) is 14.2. The van der Waals surface area contributed by atoms with E-state index in [1.807, 2.05) is 26.0 Å². The van der Waals surface area contributed by atoms with Gasteiger partial charge in [-0.3, -0.25) is 0 Å². The van der Waals surface area contributed by atoms with Gasteiger partial charge in [-0.25, -0.2) is 13.1 Å². The Hall–Kier alpha value is -0.910. The van der Waals surface area contributed by atoms with E-state index >= 15 is 0 Å². The van der Waals surface area contributed by atoms with Crippen molar-refractivity contribution >= 4 is 10.0 Å². The first-order chi connectivity index (χ1) is 7.95. The van der Waals surface area contributed by atoms with E-state index in [2.05, 4.69) is 4.72 Å². The van der Waals surface area contributed by atoms with E-state index in [0.29, 0.717) is 11.4 Å². The Bertz CT molecular complexity index is 438. The number of nitrogens with two attached hydrogens (primary N) is 1. The molecule has 1 atom stereocenters. The number of hydrogen-bond acceptors (Lipinski definition) is 3. The van der Waals surface area contributed by atoms with Gasteiger partial charge in [0, 0.05) is 12.6 Å². The smallest absolute Gasteiger partial charge is 0.240 e. The summed E-state index contributed by atoms with van der Waals surface area (Å²) in [5.41, 5.74) is 6.73. The molecule has 0 saturated carbocycles. The Balaban J connectivity index is 2.80. The molecule has 0 aromatic heterocycles. The molecule has 96 valence electrons. The minimum atomic E-state index is -3.35. The molecule has 17 heavy (non-hydrogen) atoms. The van der Waals surface area contributed by atoms with Crippen LogP contribution >= 0.6 is 0 Å². The second-order valence-corrected chi connectivity index (χ2v) is 5.99. The maximum atomic E-state index is 11.8. The molecule has 4 nitrogen and oxygen atoms in total. The van der Waals surface area contributed by atoms with Gasteiger partial charge in [0.25, 0.3) is 0 Å². The van der Waals surface area contributed by atoms with Gasteiger partial charge in [-0.05, 0) is 37.5 Å². The van der Waals surface area contributed by atoms with Crippen LogP contribution in [0.1, 0.15) is 25.8 Å². The van der Waals surface area contributed by atoms with Gasteiger partial charge in [-0.1, -0.05) is 19.1 Å². The fourth-order valence-electron chi connectivity index (χ4n) is 1.50. The van der Waals surface area contributed by atoms with E-state index in [4.69, 9.17) is 5.73 Å². The molecular weight excluding hydrogens is 236 g/mol. The number of benzene rings is 1. The van der Waals surface area contributed by atoms with Gasteiger partial charge in [0.1, 0.15) is 0 Å². The third-order valence-corrected chi connectivity index (χ3v) is 3.81. The van der Waals surface area contributed by atoms with E-state index < -0.39 is 10.0 Å². The molecule has 0 saturated heterocycles. The van der Waals surface area contributed by atoms with E-state index in [9.17, 15) is 8.42 Å². The lowest BCUT2D eigenvalue weighted by Crippen LogP contribution is -2.24. The molecule has 0 radical (unpaired) electrons. The second kappa shape index (κ2) is 6.14. The molecule has 5 heteroatoms. The molecule has 1 aromatic rings. The predicted octanol–water partition coefficient (Wildman–Crippen LogP) is 1.26. The Labute approximate surface area is 103 Å². The highest BCUT2D eigenvalue weighted by Gasteiger charge is 2.12. The zero-order chi connectivity index (χ0) is 12.9. The molecule has 0 aliphatic rings. The van der Waals surface area contributed by atoms with Crippen molar-refractivity contribution in [2.75, 3.05) is 6.54 Å². The molecule has 0 heterocycles. The molecule has 0 aliphatic heterocycles. The lowest BCUT2D eigenvalue weighted by Gasteiger charge is -2.08. The lowest BCUT2D eigenvalue weighted by molar-refractivity contribution is 0.581. The standard InChI is InChI=1S/C12H20N2O2S/c1-3-8-14-17(15,16)12-6-4-11(5-7-12)9-10(2)13/h4-7,10,14H,3,8-9,13H2,1-2H3. The first-order valence-electron chi connectivity index (χ1n) is 5.80. The summed E-state index contributed by atoms with van der Waals surface area (Å²) >= 11 is 0. The number of nitrogens with one attached hydrogen (secondary N) is 1. The van der Waals surface area contributed by atoms with E-state index in [1.54, 1.807) is 12.1 Å². The van der Waals surface area contributed by atoms with Crippen LogP contribution in [-0.2, 0) is 16.4 Å². The summed E-state index contributed by atoms with van der Waals surface area (Å²) in [7, 11) is -3.35. The fourth-order valence-corrected chi connectivity index (χ4v) is 2.63. The summed E-state index contributed by atoms with van der Waals surface area (Å²) in [6.07, 6.45) is 1.53. The van der Waals surface area contributed by atoms with Crippen LogP contribution in [0.3, 0.4) is 0 Å². The Morgan fingerprint density at radius 1 is 1.29 bits per heavy atom. The molecule has 0 aliphatic carbocycles. The molecule has 0 spiro atoms. The number of sulfonamides is 1. The zero-order valence-corrected chi connectivity index (χ0v) is 11.1. The highest BCUT2D eigenvalue weighted by Crippen LogP contribution is 2.11. The monoisotopic (exact) mass is 256 g/mol. The van der Waals surface area contributed by atoms with Gasteiger partial charge in [-0.15, -0.1) is 0 Å². The molecule has 1 rings (SSSR count). The van der Waals surface area contributed by atoms with Crippen molar-refractivity contribution in [1.29, 1.82) is 0 Å². The summed E-state index contributed by atoms with van der Waals surface area (Å²) in [6.45, 7) is 4.31. The van der Waals surface area contributed by atoms with Crippen molar-refractivity contribution < 1.29 is 8.42 Å². The third-order valence-electron chi connectivity index (χ3n) is 2.33. The average molecular weight is 256 g/mol. The molecular formula is C12H20N2O2S. The lowest BCUT2D eigenvalue weighted by atomic mass is 10.1. The SMILES string of the molecule is CCCNS(=O)(=O)c1ccc(CC(C)N)cc1. The van der Waals surface area contributed by atoms with E-state index in [-0.39, 0.29) is 6.04 Å². The van der Waals surface area contributed by atoms with Gasteiger partial charge in [0.2, 0.25) is 10.0 Å². The van der Waals surface area contributed by atoms with Crippen LogP contribution in [0, 0.1) is 0 Å². The molecule has 0 bridgehead atoms. The number of hydrogen-bond donors (Lipinski definition) is 2. The van der Waals surface area contributed by atoms with Crippen LogP contribution < -0.4 is 10.5 Å². The van der Waals surface area contributed by atoms with Gasteiger partial charge in [0.15, 0.2) is 0 Å². The van der Waals surface area contributed by atoms with Crippen molar-refractivity contribution in [3.05, 3.63) is 29.8 Å². The van der Waals surface area contributed by atoms with Crippen LogP contribution in [0.15, 0.2) is 29.2 Å². The maximum Gasteiger partial charge on any atom is 0.240 e. The molecule has 0 amide bonds. The summed E-state index contributed by atoms with van der Waals surface area (Å²) in [6, 6.07) is 6.94. The van der Waals surface area contributed by atoms with Gasteiger partial charge in [0.05, 0.1) is 4.90 Å². The van der Waals surface area contributed by atoms with Crippen LogP contribution in [-0.4, -0.2) is 21.0 Å². The van der Waals surface area contributed by atoms with Crippen LogP contribution in [0.25, 0.3) is 0 Å². The zero-order valence-electron chi connectivity index (χ0n) is 10.3. The fraction of sp³-hybridized carbons (Fsp3) is 0.500. The predicted molar refractivity (Wildman–Crippen MR) is 69.3 cm³/mol. The van der Waals surface area contributed by atoms with E-state index in [1.165, 1.54) is 0 Å². The second-order valence-electron chi connectivity index (χ2n) is 4.22. The van der Waals surface area contributed by atoms with Gasteiger partial charge >= 0.3 is 0 Å². The highest BCUT2D eigenvalue weighted by atomic mass is 32.2. The molecule has 3 N–H and O–H groups in total. The topological polar surface area (TPSA) is 72.2 Å². The van der Waals surface area contributed by atoms with E-state index in [0.717, 1.165) is 18.4 Å². The van der Waals surface area contributed by atoms with Crippen molar-refractivity contribution in [1.82, 2.24) is 4.72 Å². The Kier molecular flexibility index (Phi) is 5.11. The number of rotatable bonds is 6. The minimum Gasteiger partial charge on any atom is -0.328 e. The van der Waals surface area contributed by atoms with Crippen LogP contribution in [0.2, 0.25) is 0 Å². The van der Waals surface area contributed by atoms with Crippen molar-refractivity contribution in [3.63, 3.8) is 0 Å². The van der Waals surface area contributed by atoms with Gasteiger partial charge in [-0.2, -0.15) is 0 Å². The van der Waals surface area contributed by atoms with Crippen molar-refractivity contribution in [3.8, 4) is 0 Å². The van der Waals surface area contributed by atoms with Crippen molar-refractivity contribution in [2.45, 2.75) is 37.6 Å². The summed E-state index contributed by atoms with van der Waals surface area (Å²) in [4.78, 5) is 0.305. The molecule has 1 aromatic carbocycles. The Morgan fingerprint density at radius 3 is 2.35 bits per heavy atom. The molecule has 0 fully saturated rings. The van der Waals surface area contributed by atoms with Gasteiger partial charge < -0.3 is 5.73 Å². The van der Waals surface area contributed by atoms with Crippen LogP contribution in [0.5, 0.6) is 0 Å². The Morgan fingerprint density at radius 2 is 1.88 bits per heavy atom. The normalized spacial score (nSPS) is 13.6. The average Bonchev–Trinajstić information content (AvgIpc) is 2.26. The largest absolute Gasteiger partial charge is 0.328 e. The summed E-state index contributed by atoms with van der Waals surface area (Å²) in [5.74, 6) is 0. The quantitative estimate of drug-likeness (QED) is 0.805. The molecule has 1 unspecified atom stereocenters. The minimum absolute atomic E-state index is 0.0793. The summed E-state index contributed by atoms with van der Waals surface area (Å²) < 4.78 is 26.1. The maximum absolute atomic E-state index is 11.8. The van der Waals surface area contributed by atoms with Crippen LogP contribution in [0.4, 0.5) is 0 Å². The van der Waals surface area contributed by atoms with Crippen molar-refractivity contribution in [2.24, 2.45) is 5.73 Å². The third kappa shape index (κ3) is 4.46. The first-order valence-corrected chi connectivity index (χ1v) is 7.28. The highest BCUT2D eigenvalue weighted by molar-refractivity contribution is 7.89. The summed E-state index contributed by atoms with van der Waals surface area (Å²) in [5, 5.41) is 0.